The SMILES string of the molecule is CCCC(C(=O)N1CCSCC1S(=O)(=O)CC)C(N)=S. The third-order valence-electron chi connectivity index (χ3n) is 3.40. The van der Waals surface area contributed by atoms with Crippen LogP contribution in [0.4, 0.5) is 0 Å². The van der Waals surface area contributed by atoms with Crippen LogP contribution in [0, 0.1) is 5.92 Å². The Morgan fingerprint density at radius 3 is 2.65 bits per heavy atom. The van der Waals surface area contributed by atoms with Crippen molar-refractivity contribution in [2.75, 3.05) is 23.8 Å². The monoisotopic (exact) mass is 338 g/mol. The van der Waals surface area contributed by atoms with Crippen LogP contribution in [0.1, 0.15) is 26.7 Å². The lowest BCUT2D eigenvalue weighted by atomic mass is 10.0. The molecule has 0 aromatic heterocycles. The van der Waals surface area contributed by atoms with Gasteiger partial charge in [-0.1, -0.05) is 32.5 Å². The van der Waals surface area contributed by atoms with Crippen LogP contribution >= 0.6 is 24.0 Å². The number of thiocarbonyl (C=S) groups is 1. The number of amides is 1. The van der Waals surface area contributed by atoms with Gasteiger partial charge >= 0.3 is 0 Å². The second-order valence-corrected chi connectivity index (χ2v) is 8.82. The minimum atomic E-state index is -3.29. The van der Waals surface area contributed by atoms with E-state index in [1.54, 1.807) is 18.7 Å². The van der Waals surface area contributed by atoms with E-state index in [9.17, 15) is 13.2 Å². The summed E-state index contributed by atoms with van der Waals surface area (Å²) in [4.78, 5) is 14.2. The van der Waals surface area contributed by atoms with Gasteiger partial charge in [0.2, 0.25) is 5.91 Å². The lowest BCUT2D eigenvalue weighted by Gasteiger charge is -2.36. The van der Waals surface area contributed by atoms with Gasteiger partial charge in [0, 0.05) is 23.8 Å². The summed E-state index contributed by atoms with van der Waals surface area (Å²) >= 11 is 6.53. The topological polar surface area (TPSA) is 80.5 Å². The van der Waals surface area contributed by atoms with Crippen molar-refractivity contribution in [2.45, 2.75) is 32.1 Å². The first-order valence-corrected chi connectivity index (χ1v) is 10.0. The molecule has 0 aromatic carbocycles. The van der Waals surface area contributed by atoms with Crippen LogP contribution in [0.15, 0.2) is 0 Å². The smallest absolute Gasteiger partial charge is 0.233 e. The zero-order valence-electron chi connectivity index (χ0n) is 11.9. The Labute approximate surface area is 130 Å². The van der Waals surface area contributed by atoms with Gasteiger partial charge < -0.3 is 10.6 Å². The maximum atomic E-state index is 12.6. The molecule has 1 fully saturated rings. The number of nitrogens with two attached hydrogens (primary N) is 1. The number of hydrogen-bond donors (Lipinski definition) is 1. The van der Waals surface area contributed by atoms with Gasteiger partial charge in [-0.25, -0.2) is 8.42 Å². The van der Waals surface area contributed by atoms with Gasteiger partial charge in [-0.15, -0.1) is 0 Å². The minimum Gasteiger partial charge on any atom is -0.393 e. The average molecular weight is 339 g/mol. The third-order valence-corrected chi connectivity index (χ3v) is 6.98. The first-order chi connectivity index (χ1) is 9.35. The average Bonchev–Trinajstić information content (AvgIpc) is 2.43. The number of carbonyl (C=O) groups is 1. The molecule has 1 aliphatic heterocycles. The Balaban J connectivity index is 3.00. The van der Waals surface area contributed by atoms with E-state index in [0.29, 0.717) is 18.7 Å². The molecule has 0 bridgehead atoms. The fraction of sp³-hybridized carbons (Fsp3) is 0.833. The largest absolute Gasteiger partial charge is 0.393 e. The summed E-state index contributed by atoms with van der Waals surface area (Å²) in [6.45, 7) is 4.00. The van der Waals surface area contributed by atoms with E-state index in [1.807, 2.05) is 6.92 Å². The molecule has 1 amide bonds. The highest BCUT2D eigenvalue weighted by molar-refractivity contribution is 8.01. The number of carbonyl (C=O) groups excluding carboxylic acids is 1. The summed E-state index contributed by atoms with van der Waals surface area (Å²) in [7, 11) is -3.29. The first-order valence-electron chi connectivity index (χ1n) is 6.74. The van der Waals surface area contributed by atoms with Gasteiger partial charge in [-0.05, 0) is 6.42 Å². The van der Waals surface area contributed by atoms with Crippen molar-refractivity contribution in [1.29, 1.82) is 0 Å². The van der Waals surface area contributed by atoms with Crippen LogP contribution < -0.4 is 5.73 Å². The molecule has 8 heteroatoms. The molecule has 0 aliphatic carbocycles. The molecule has 116 valence electrons. The lowest BCUT2D eigenvalue weighted by molar-refractivity contribution is -0.133. The minimum absolute atomic E-state index is 0.0352. The zero-order chi connectivity index (χ0) is 15.3. The lowest BCUT2D eigenvalue weighted by Crippen LogP contribution is -2.54. The summed E-state index contributed by atoms with van der Waals surface area (Å²) in [5.74, 6) is 0.429. The molecule has 0 spiro atoms. The Hall–Kier alpha value is -0.340. The van der Waals surface area contributed by atoms with Crippen molar-refractivity contribution < 1.29 is 13.2 Å². The Bertz CT molecular complexity index is 465. The standard InChI is InChI=1S/C12H22N2O3S3/c1-3-5-9(11(13)18)12(15)14-6-7-19-8-10(14)20(16,17)4-2/h9-10H,3-8H2,1-2H3,(H2,13,18). The first kappa shape index (κ1) is 17.7. The molecule has 0 aromatic rings. The van der Waals surface area contributed by atoms with Crippen molar-refractivity contribution >= 4 is 44.7 Å². The molecule has 0 radical (unpaired) electrons. The van der Waals surface area contributed by atoms with Crippen LogP contribution in [0.2, 0.25) is 0 Å². The Morgan fingerprint density at radius 2 is 2.15 bits per heavy atom. The normalized spacial score (nSPS) is 21.5. The van der Waals surface area contributed by atoms with Crippen LogP contribution in [0.3, 0.4) is 0 Å². The summed E-state index contributed by atoms with van der Waals surface area (Å²) in [6, 6.07) is 0. The molecule has 1 saturated heterocycles. The molecular formula is C12H22N2O3S3. The maximum absolute atomic E-state index is 12.6. The summed E-state index contributed by atoms with van der Waals surface area (Å²) in [6.07, 6.45) is 1.35. The van der Waals surface area contributed by atoms with Crippen molar-refractivity contribution in [3.8, 4) is 0 Å². The quantitative estimate of drug-likeness (QED) is 0.729. The van der Waals surface area contributed by atoms with Gasteiger partial charge in [-0.3, -0.25) is 4.79 Å². The van der Waals surface area contributed by atoms with Gasteiger partial charge in [0.1, 0.15) is 5.37 Å². The molecule has 1 rings (SSSR count). The molecular weight excluding hydrogens is 316 g/mol. The van der Waals surface area contributed by atoms with Crippen LogP contribution in [-0.2, 0) is 14.6 Å². The molecule has 0 saturated carbocycles. The van der Waals surface area contributed by atoms with E-state index in [4.69, 9.17) is 18.0 Å². The third kappa shape index (κ3) is 4.08. The fourth-order valence-corrected chi connectivity index (χ4v) is 5.39. The van der Waals surface area contributed by atoms with E-state index in [-0.39, 0.29) is 16.6 Å². The van der Waals surface area contributed by atoms with E-state index in [0.717, 1.165) is 12.2 Å². The second kappa shape index (κ2) is 7.61. The molecule has 1 heterocycles. The van der Waals surface area contributed by atoms with E-state index < -0.39 is 21.1 Å². The number of thioether (sulfide) groups is 1. The highest BCUT2D eigenvalue weighted by Crippen LogP contribution is 2.24. The van der Waals surface area contributed by atoms with Crippen LogP contribution in [0.5, 0.6) is 0 Å². The number of nitrogens with zero attached hydrogens (tertiary/aromatic N) is 1. The van der Waals surface area contributed by atoms with E-state index >= 15 is 0 Å². The summed E-state index contributed by atoms with van der Waals surface area (Å²) in [5.41, 5.74) is 5.65. The Morgan fingerprint density at radius 1 is 1.50 bits per heavy atom. The van der Waals surface area contributed by atoms with Crippen LogP contribution in [0.25, 0.3) is 0 Å². The fourth-order valence-electron chi connectivity index (χ4n) is 2.20. The molecule has 2 atom stereocenters. The van der Waals surface area contributed by atoms with Gasteiger partial charge in [0.05, 0.1) is 10.9 Å². The highest BCUT2D eigenvalue weighted by Gasteiger charge is 2.38. The molecule has 2 unspecified atom stereocenters. The number of sulfone groups is 1. The van der Waals surface area contributed by atoms with Crippen molar-refractivity contribution in [3.63, 3.8) is 0 Å². The predicted octanol–water partition coefficient (Wildman–Crippen LogP) is 1.02. The summed E-state index contributed by atoms with van der Waals surface area (Å²) in [5, 5.41) is -0.743. The number of hydrogen-bond acceptors (Lipinski definition) is 5. The van der Waals surface area contributed by atoms with Gasteiger partial charge in [0.25, 0.3) is 0 Å². The zero-order valence-corrected chi connectivity index (χ0v) is 14.3. The molecule has 1 aliphatic rings. The van der Waals surface area contributed by atoms with E-state index in [2.05, 4.69) is 0 Å². The molecule has 20 heavy (non-hydrogen) atoms. The second-order valence-electron chi connectivity index (χ2n) is 4.76. The van der Waals surface area contributed by atoms with Crippen molar-refractivity contribution in [2.24, 2.45) is 11.7 Å². The van der Waals surface area contributed by atoms with Gasteiger partial charge in [0.15, 0.2) is 9.84 Å². The molecule has 5 nitrogen and oxygen atoms in total. The Kier molecular flexibility index (Phi) is 6.74. The van der Waals surface area contributed by atoms with E-state index in [1.165, 1.54) is 4.90 Å². The molecule has 2 N–H and O–H groups in total. The number of rotatable bonds is 6. The highest BCUT2D eigenvalue weighted by atomic mass is 32.2. The van der Waals surface area contributed by atoms with Gasteiger partial charge in [-0.2, -0.15) is 11.8 Å². The predicted molar refractivity (Wildman–Crippen MR) is 87.5 cm³/mol. The van der Waals surface area contributed by atoms with Crippen molar-refractivity contribution in [1.82, 2.24) is 4.90 Å². The summed E-state index contributed by atoms with van der Waals surface area (Å²) < 4.78 is 24.3. The van der Waals surface area contributed by atoms with Crippen LogP contribution in [-0.4, -0.2) is 53.4 Å². The maximum Gasteiger partial charge on any atom is 0.233 e. The van der Waals surface area contributed by atoms with Crippen molar-refractivity contribution in [3.05, 3.63) is 0 Å².